The minimum Gasteiger partial charge on any atom is -0.508 e. The van der Waals surface area contributed by atoms with E-state index in [1.165, 1.54) is 11.1 Å². The number of aliphatic imine (C=N–C) groups is 1. The maximum Gasteiger partial charge on any atom is 0.191 e. The molecule has 3 N–H and O–H groups in total. The van der Waals surface area contributed by atoms with Gasteiger partial charge in [0, 0.05) is 25.7 Å². The number of phenolic OH excluding ortho intramolecular Hbond substituents is 1. The molecule has 0 heterocycles. The second-order valence-electron chi connectivity index (χ2n) is 5.26. The number of methoxy groups -OCH3 is 1. The average molecular weight is 441 g/mol. The molecule has 0 radical (unpaired) electrons. The van der Waals surface area contributed by atoms with Crippen LogP contribution in [-0.4, -0.2) is 25.2 Å². The molecule has 0 saturated heterocycles. The van der Waals surface area contributed by atoms with Crippen molar-refractivity contribution in [1.29, 1.82) is 0 Å². The number of halogens is 1. The first-order valence-corrected chi connectivity index (χ1v) is 7.48. The fraction of sp³-hybridized carbons (Fsp3) is 0.278. The fourth-order valence-corrected chi connectivity index (χ4v) is 2.24. The van der Waals surface area contributed by atoms with Crippen molar-refractivity contribution >= 4 is 29.9 Å². The molecule has 0 spiro atoms. The number of phenols is 1. The number of hydrogen-bond acceptors (Lipinski definition) is 3. The van der Waals surface area contributed by atoms with Gasteiger partial charge in [0.2, 0.25) is 0 Å². The summed E-state index contributed by atoms with van der Waals surface area (Å²) >= 11 is 0. The van der Waals surface area contributed by atoms with E-state index in [1.54, 1.807) is 32.4 Å². The average Bonchev–Trinajstić information content (AvgIpc) is 2.56. The van der Waals surface area contributed by atoms with E-state index in [9.17, 15) is 5.11 Å². The van der Waals surface area contributed by atoms with E-state index in [0.29, 0.717) is 24.8 Å². The van der Waals surface area contributed by atoms with Crippen LogP contribution in [0.25, 0.3) is 0 Å². The molecule has 0 aliphatic heterocycles. The molecule has 2 aromatic carbocycles. The van der Waals surface area contributed by atoms with Crippen molar-refractivity contribution < 1.29 is 9.84 Å². The van der Waals surface area contributed by atoms with Crippen LogP contribution in [0.2, 0.25) is 0 Å². The quantitative estimate of drug-likeness (QED) is 0.379. The summed E-state index contributed by atoms with van der Waals surface area (Å²) in [5, 5.41) is 16.3. The first-order valence-electron chi connectivity index (χ1n) is 7.48. The van der Waals surface area contributed by atoms with Gasteiger partial charge in [0.05, 0.1) is 7.11 Å². The van der Waals surface area contributed by atoms with E-state index in [0.717, 1.165) is 5.56 Å². The van der Waals surface area contributed by atoms with Gasteiger partial charge in [-0.25, -0.2) is 0 Å². The van der Waals surface area contributed by atoms with E-state index in [4.69, 9.17) is 4.74 Å². The lowest BCUT2D eigenvalue weighted by Gasteiger charge is -2.13. The molecule has 0 atom stereocenters. The van der Waals surface area contributed by atoms with Crippen LogP contribution in [0.15, 0.2) is 47.5 Å². The Morgan fingerprint density at radius 2 is 1.88 bits per heavy atom. The molecular weight excluding hydrogens is 417 g/mol. The summed E-state index contributed by atoms with van der Waals surface area (Å²) in [6.45, 7) is 3.21. The summed E-state index contributed by atoms with van der Waals surface area (Å²) in [7, 11) is 3.32. The minimum absolute atomic E-state index is 0. The van der Waals surface area contributed by atoms with Crippen LogP contribution in [0.4, 0.5) is 0 Å². The van der Waals surface area contributed by atoms with Crippen molar-refractivity contribution in [3.63, 3.8) is 0 Å². The van der Waals surface area contributed by atoms with Crippen LogP contribution in [0.1, 0.15) is 16.7 Å². The van der Waals surface area contributed by atoms with Crippen molar-refractivity contribution in [1.82, 2.24) is 10.6 Å². The van der Waals surface area contributed by atoms with Gasteiger partial charge < -0.3 is 20.5 Å². The molecule has 0 unspecified atom stereocenters. The van der Waals surface area contributed by atoms with Crippen molar-refractivity contribution in [2.24, 2.45) is 4.99 Å². The highest BCUT2D eigenvalue weighted by Crippen LogP contribution is 2.22. The van der Waals surface area contributed by atoms with Crippen molar-refractivity contribution in [2.75, 3.05) is 14.2 Å². The normalized spacial score (nSPS) is 10.7. The van der Waals surface area contributed by atoms with E-state index in [1.807, 2.05) is 6.07 Å². The van der Waals surface area contributed by atoms with E-state index < -0.39 is 0 Å². The van der Waals surface area contributed by atoms with Gasteiger partial charge in [0.1, 0.15) is 11.5 Å². The molecule has 0 aromatic heterocycles. The topological polar surface area (TPSA) is 65.9 Å². The summed E-state index contributed by atoms with van der Waals surface area (Å²) in [5.74, 6) is 1.61. The van der Waals surface area contributed by atoms with Gasteiger partial charge in [-0.3, -0.25) is 4.99 Å². The van der Waals surface area contributed by atoms with Crippen LogP contribution in [0, 0.1) is 6.92 Å². The summed E-state index contributed by atoms with van der Waals surface area (Å²) in [6, 6.07) is 13.5. The summed E-state index contributed by atoms with van der Waals surface area (Å²) in [5.41, 5.74) is 3.17. The van der Waals surface area contributed by atoms with Gasteiger partial charge >= 0.3 is 0 Å². The monoisotopic (exact) mass is 441 g/mol. The highest BCUT2D eigenvalue weighted by Gasteiger charge is 2.05. The molecule has 130 valence electrons. The third kappa shape index (κ3) is 5.92. The summed E-state index contributed by atoms with van der Waals surface area (Å²) < 4.78 is 5.17. The Kier molecular flexibility index (Phi) is 8.39. The van der Waals surface area contributed by atoms with E-state index >= 15 is 0 Å². The van der Waals surface area contributed by atoms with Crippen LogP contribution >= 0.6 is 24.0 Å². The molecule has 0 amide bonds. The number of nitrogens with one attached hydrogen (secondary N) is 2. The van der Waals surface area contributed by atoms with Crippen LogP contribution in [0.5, 0.6) is 11.5 Å². The Labute approximate surface area is 160 Å². The first kappa shape index (κ1) is 20.1. The maximum atomic E-state index is 9.90. The standard InChI is InChI=1S/C18H23N3O2.HI/c1-13-5-4-6-14(9-13)11-20-18(19-2)21-12-15-10-16(23-3)7-8-17(15)22;/h4-10,22H,11-12H2,1-3H3,(H2,19,20,21);1H. The van der Waals surface area contributed by atoms with E-state index in [-0.39, 0.29) is 29.7 Å². The Bertz CT molecular complexity index is 690. The Balaban J connectivity index is 0.00000288. The molecule has 0 fully saturated rings. The van der Waals surface area contributed by atoms with Gasteiger partial charge in [-0.1, -0.05) is 29.8 Å². The number of benzene rings is 2. The number of aryl methyl sites for hydroxylation is 1. The number of rotatable bonds is 5. The molecule has 0 aliphatic carbocycles. The number of ether oxygens (including phenoxy) is 1. The zero-order valence-corrected chi connectivity index (χ0v) is 16.5. The Hall–Kier alpha value is -1.96. The zero-order valence-electron chi connectivity index (χ0n) is 14.2. The minimum atomic E-state index is 0. The van der Waals surface area contributed by atoms with Gasteiger partial charge in [-0.05, 0) is 30.7 Å². The summed E-state index contributed by atoms with van der Waals surface area (Å²) in [6.07, 6.45) is 0. The van der Waals surface area contributed by atoms with Crippen LogP contribution < -0.4 is 15.4 Å². The second-order valence-corrected chi connectivity index (χ2v) is 5.26. The van der Waals surface area contributed by atoms with Gasteiger partial charge in [-0.2, -0.15) is 0 Å². The fourth-order valence-electron chi connectivity index (χ4n) is 2.24. The third-order valence-corrected chi connectivity index (χ3v) is 3.50. The molecule has 0 bridgehead atoms. The highest BCUT2D eigenvalue weighted by molar-refractivity contribution is 14.0. The van der Waals surface area contributed by atoms with Gasteiger partial charge in [-0.15, -0.1) is 24.0 Å². The Morgan fingerprint density at radius 1 is 1.12 bits per heavy atom. The lowest BCUT2D eigenvalue weighted by Crippen LogP contribution is -2.36. The molecule has 24 heavy (non-hydrogen) atoms. The van der Waals surface area contributed by atoms with E-state index in [2.05, 4.69) is 40.7 Å². The lowest BCUT2D eigenvalue weighted by atomic mass is 10.1. The number of hydrogen-bond donors (Lipinski definition) is 3. The highest BCUT2D eigenvalue weighted by atomic mass is 127. The van der Waals surface area contributed by atoms with Crippen LogP contribution in [-0.2, 0) is 13.1 Å². The molecule has 2 rings (SSSR count). The molecule has 2 aromatic rings. The molecule has 5 nitrogen and oxygen atoms in total. The van der Waals surface area contributed by atoms with Crippen molar-refractivity contribution in [2.45, 2.75) is 20.0 Å². The molecular formula is C18H24IN3O2. The number of aromatic hydroxyl groups is 1. The van der Waals surface area contributed by atoms with Crippen LogP contribution in [0.3, 0.4) is 0 Å². The predicted molar refractivity (Wildman–Crippen MR) is 108 cm³/mol. The smallest absolute Gasteiger partial charge is 0.191 e. The summed E-state index contributed by atoms with van der Waals surface area (Å²) in [4.78, 5) is 4.19. The second kappa shape index (κ2) is 10.0. The SMILES string of the molecule is CN=C(NCc1cccc(C)c1)NCc1cc(OC)ccc1O.I. The molecule has 0 saturated carbocycles. The largest absolute Gasteiger partial charge is 0.508 e. The molecule has 0 aliphatic rings. The number of guanidine groups is 1. The van der Waals surface area contributed by atoms with Gasteiger partial charge in [0.25, 0.3) is 0 Å². The Morgan fingerprint density at radius 3 is 2.54 bits per heavy atom. The lowest BCUT2D eigenvalue weighted by molar-refractivity contribution is 0.410. The van der Waals surface area contributed by atoms with Gasteiger partial charge in [0.15, 0.2) is 5.96 Å². The molecule has 6 heteroatoms. The maximum absolute atomic E-state index is 9.90. The third-order valence-electron chi connectivity index (χ3n) is 3.50. The van der Waals surface area contributed by atoms with Crippen molar-refractivity contribution in [3.05, 3.63) is 59.2 Å². The first-order chi connectivity index (χ1) is 11.1. The number of nitrogens with zero attached hydrogens (tertiary/aromatic N) is 1. The zero-order chi connectivity index (χ0) is 16.7. The predicted octanol–water partition coefficient (Wildman–Crippen LogP) is 3.19. The van der Waals surface area contributed by atoms with Crippen molar-refractivity contribution in [3.8, 4) is 11.5 Å².